The second-order valence-corrected chi connectivity index (χ2v) is 5.88. The van der Waals surface area contributed by atoms with Crippen LogP contribution < -0.4 is 5.32 Å². The quantitative estimate of drug-likeness (QED) is 0.864. The Labute approximate surface area is 146 Å². The summed E-state index contributed by atoms with van der Waals surface area (Å²) < 4.78 is 0. The van der Waals surface area contributed by atoms with Crippen LogP contribution in [0.1, 0.15) is 40.5 Å². The Balaban J connectivity index is 2.13. The van der Waals surface area contributed by atoms with Crippen molar-refractivity contribution in [2.24, 2.45) is 0 Å². The predicted molar refractivity (Wildman–Crippen MR) is 95.5 cm³/mol. The highest BCUT2D eigenvalue weighted by Crippen LogP contribution is 2.21. The first-order chi connectivity index (χ1) is 11.5. The molecule has 2 amide bonds. The number of nitrogens with one attached hydrogen (secondary N) is 1. The standard InChI is InChI=1S/C18H20ClN3O2/c1-3-4-9-22(2)18(24)14-10-13(11-20-12-14)17(23)21-16-8-6-5-7-15(16)19/h5-8,10-12H,3-4,9H2,1-2H3,(H,21,23). The zero-order chi connectivity index (χ0) is 17.5. The third-order valence-electron chi connectivity index (χ3n) is 3.56. The summed E-state index contributed by atoms with van der Waals surface area (Å²) >= 11 is 6.04. The van der Waals surface area contributed by atoms with Crippen molar-refractivity contribution in [2.45, 2.75) is 19.8 Å². The van der Waals surface area contributed by atoms with E-state index in [2.05, 4.69) is 17.2 Å². The fourth-order valence-corrected chi connectivity index (χ4v) is 2.34. The molecule has 0 aliphatic heterocycles. The second-order valence-electron chi connectivity index (χ2n) is 5.48. The van der Waals surface area contributed by atoms with Crippen LogP contribution in [0.5, 0.6) is 0 Å². The van der Waals surface area contributed by atoms with E-state index in [0.29, 0.717) is 28.4 Å². The largest absolute Gasteiger partial charge is 0.342 e. The van der Waals surface area contributed by atoms with Crippen molar-refractivity contribution in [2.75, 3.05) is 18.9 Å². The van der Waals surface area contributed by atoms with Crippen molar-refractivity contribution in [3.05, 3.63) is 58.9 Å². The number of hydrogen-bond acceptors (Lipinski definition) is 3. The van der Waals surface area contributed by atoms with Gasteiger partial charge in [-0.15, -0.1) is 0 Å². The number of anilines is 1. The van der Waals surface area contributed by atoms with Gasteiger partial charge in [-0.25, -0.2) is 0 Å². The van der Waals surface area contributed by atoms with Crippen LogP contribution in [0.3, 0.4) is 0 Å². The highest BCUT2D eigenvalue weighted by atomic mass is 35.5. The molecular formula is C18H20ClN3O2. The number of pyridine rings is 1. The zero-order valence-electron chi connectivity index (χ0n) is 13.8. The Morgan fingerprint density at radius 3 is 2.62 bits per heavy atom. The van der Waals surface area contributed by atoms with Gasteiger partial charge in [-0.05, 0) is 24.6 Å². The number of hydrogen-bond donors (Lipinski definition) is 1. The molecule has 0 unspecified atom stereocenters. The van der Waals surface area contributed by atoms with Crippen LogP contribution in [0.2, 0.25) is 5.02 Å². The van der Waals surface area contributed by atoms with Crippen molar-refractivity contribution < 1.29 is 9.59 Å². The number of aromatic nitrogens is 1. The molecule has 126 valence electrons. The first-order valence-electron chi connectivity index (χ1n) is 7.79. The molecule has 0 atom stereocenters. The molecule has 0 aliphatic carbocycles. The third-order valence-corrected chi connectivity index (χ3v) is 3.89. The van der Waals surface area contributed by atoms with Gasteiger partial charge >= 0.3 is 0 Å². The van der Waals surface area contributed by atoms with Gasteiger partial charge < -0.3 is 10.2 Å². The molecule has 2 rings (SSSR count). The van der Waals surface area contributed by atoms with Crippen molar-refractivity contribution in [3.63, 3.8) is 0 Å². The first-order valence-corrected chi connectivity index (χ1v) is 8.17. The van der Waals surface area contributed by atoms with Crippen molar-refractivity contribution in [3.8, 4) is 0 Å². The fraction of sp³-hybridized carbons (Fsp3) is 0.278. The monoisotopic (exact) mass is 345 g/mol. The van der Waals surface area contributed by atoms with Crippen molar-refractivity contribution in [1.29, 1.82) is 0 Å². The van der Waals surface area contributed by atoms with Crippen LogP contribution in [0, 0.1) is 0 Å². The predicted octanol–water partition coefficient (Wildman–Crippen LogP) is 3.86. The third kappa shape index (κ3) is 4.55. The number of nitrogens with zero attached hydrogens (tertiary/aromatic N) is 2. The number of benzene rings is 1. The molecule has 1 aromatic heterocycles. The second kappa shape index (κ2) is 8.45. The summed E-state index contributed by atoms with van der Waals surface area (Å²) in [6, 6.07) is 8.51. The van der Waals surface area contributed by atoms with E-state index >= 15 is 0 Å². The van der Waals surface area contributed by atoms with Crippen molar-refractivity contribution >= 4 is 29.1 Å². The van der Waals surface area contributed by atoms with E-state index in [1.807, 2.05) is 0 Å². The van der Waals surface area contributed by atoms with Crippen LogP contribution in [-0.2, 0) is 0 Å². The van der Waals surface area contributed by atoms with Gasteiger partial charge in [0.2, 0.25) is 0 Å². The van der Waals surface area contributed by atoms with Gasteiger partial charge in [0, 0.05) is 26.0 Å². The molecule has 0 saturated heterocycles. The SMILES string of the molecule is CCCCN(C)C(=O)c1cncc(C(=O)Nc2ccccc2Cl)c1. The molecular weight excluding hydrogens is 326 g/mol. The average molecular weight is 346 g/mol. The Bertz CT molecular complexity index is 734. The normalized spacial score (nSPS) is 10.3. The maximum Gasteiger partial charge on any atom is 0.257 e. The molecule has 24 heavy (non-hydrogen) atoms. The minimum Gasteiger partial charge on any atom is -0.342 e. The molecule has 0 saturated carbocycles. The number of halogens is 1. The lowest BCUT2D eigenvalue weighted by Gasteiger charge is -2.16. The lowest BCUT2D eigenvalue weighted by molar-refractivity contribution is 0.0793. The molecule has 5 nitrogen and oxygen atoms in total. The van der Waals surface area contributed by atoms with E-state index in [-0.39, 0.29) is 11.8 Å². The number of carbonyl (C=O) groups excluding carboxylic acids is 2. The Morgan fingerprint density at radius 1 is 1.21 bits per heavy atom. The summed E-state index contributed by atoms with van der Waals surface area (Å²) in [5.41, 5.74) is 1.21. The molecule has 0 radical (unpaired) electrons. The first kappa shape index (κ1) is 17.9. The average Bonchev–Trinajstić information content (AvgIpc) is 2.61. The lowest BCUT2D eigenvalue weighted by Crippen LogP contribution is -2.28. The lowest BCUT2D eigenvalue weighted by atomic mass is 10.1. The van der Waals surface area contributed by atoms with E-state index in [1.165, 1.54) is 12.4 Å². The van der Waals surface area contributed by atoms with Crippen LogP contribution >= 0.6 is 11.6 Å². The van der Waals surface area contributed by atoms with E-state index in [0.717, 1.165) is 12.8 Å². The van der Waals surface area contributed by atoms with Gasteiger partial charge in [0.15, 0.2) is 0 Å². The molecule has 0 aliphatic rings. The van der Waals surface area contributed by atoms with E-state index in [1.54, 1.807) is 42.3 Å². The number of unbranched alkanes of at least 4 members (excludes halogenated alkanes) is 1. The Morgan fingerprint density at radius 2 is 1.92 bits per heavy atom. The van der Waals surface area contributed by atoms with Gasteiger partial charge in [0.25, 0.3) is 11.8 Å². The number of para-hydroxylation sites is 1. The highest BCUT2D eigenvalue weighted by Gasteiger charge is 2.15. The summed E-state index contributed by atoms with van der Waals surface area (Å²) in [7, 11) is 1.74. The van der Waals surface area contributed by atoms with Crippen LogP contribution in [0.25, 0.3) is 0 Å². The molecule has 1 N–H and O–H groups in total. The molecule has 1 heterocycles. The maximum atomic E-state index is 12.4. The van der Waals surface area contributed by atoms with Crippen LogP contribution in [0.15, 0.2) is 42.7 Å². The van der Waals surface area contributed by atoms with E-state index < -0.39 is 0 Å². The Hall–Kier alpha value is -2.40. The summed E-state index contributed by atoms with van der Waals surface area (Å²) in [5.74, 6) is -0.509. The molecule has 0 fully saturated rings. The van der Waals surface area contributed by atoms with E-state index in [9.17, 15) is 9.59 Å². The minimum absolute atomic E-state index is 0.150. The van der Waals surface area contributed by atoms with Gasteiger partial charge in [0.1, 0.15) is 0 Å². The fourth-order valence-electron chi connectivity index (χ4n) is 2.16. The highest BCUT2D eigenvalue weighted by molar-refractivity contribution is 6.33. The van der Waals surface area contributed by atoms with Crippen LogP contribution in [-0.4, -0.2) is 35.3 Å². The van der Waals surface area contributed by atoms with Gasteiger partial charge in [-0.3, -0.25) is 14.6 Å². The minimum atomic E-state index is -0.360. The Kier molecular flexibility index (Phi) is 6.32. The molecule has 0 spiro atoms. The number of rotatable bonds is 6. The summed E-state index contributed by atoms with van der Waals surface area (Å²) in [4.78, 5) is 30.4. The van der Waals surface area contributed by atoms with E-state index in [4.69, 9.17) is 11.6 Å². The zero-order valence-corrected chi connectivity index (χ0v) is 14.5. The molecule has 6 heteroatoms. The summed E-state index contributed by atoms with van der Waals surface area (Å²) in [6.07, 6.45) is 4.84. The molecule has 0 bridgehead atoms. The molecule has 1 aromatic carbocycles. The van der Waals surface area contributed by atoms with Gasteiger partial charge in [-0.1, -0.05) is 37.1 Å². The van der Waals surface area contributed by atoms with Gasteiger partial charge in [-0.2, -0.15) is 0 Å². The van der Waals surface area contributed by atoms with Gasteiger partial charge in [0.05, 0.1) is 21.8 Å². The number of carbonyl (C=O) groups is 2. The molecule has 2 aromatic rings. The topological polar surface area (TPSA) is 62.3 Å². The van der Waals surface area contributed by atoms with Crippen molar-refractivity contribution in [1.82, 2.24) is 9.88 Å². The summed E-state index contributed by atoms with van der Waals surface area (Å²) in [5, 5.41) is 3.17. The van der Waals surface area contributed by atoms with Crippen LogP contribution in [0.4, 0.5) is 5.69 Å². The maximum absolute atomic E-state index is 12.4. The summed E-state index contributed by atoms with van der Waals surface area (Å²) in [6.45, 7) is 2.74. The number of amides is 2. The smallest absolute Gasteiger partial charge is 0.257 e.